The molecule has 1 aromatic rings. The molecule has 1 aliphatic rings. The number of hydrogen-bond donors (Lipinski definition) is 2. The van der Waals surface area contributed by atoms with Gasteiger partial charge < -0.3 is 5.11 Å². The van der Waals surface area contributed by atoms with Gasteiger partial charge in [-0.15, -0.1) is 0 Å². The summed E-state index contributed by atoms with van der Waals surface area (Å²) in [6, 6.07) is 1.40. The van der Waals surface area contributed by atoms with Crippen molar-refractivity contribution in [2.75, 3.05) is 13.1 Å². The summed E-state index contributed by atoms with van der Waals surface area (Å²) in [7, 11) is -3.59. The number of carbonyl (C=O) groups is 1. The highest BCUT2D eigenvalue weighted by molar-refractivity contribution is 7.89. The van der Waals surface area contributed by atoms with E-state index in [0.717, 1.165) is 6.42 Å². The van der Waals surface area contributed by atoms with E-state index < -0.39 is 21.4 Å². The van der Waals surface area contributed by atoms with Gasteiger partial charge in [0, 0.05) is 13.1 Å². The molecule has 0 aliphatic carbocycles. The third kappa shape index (κ3) is 2.57. The average molecular weight is 301 g/mol. The van der Waals surface area contributed by atoms with Crippen molar-refractivity contribution in [2.24, 2.45) is 5.41 Å². The summed E-state index contributed by atoms with van der Waals surface area (Å²) in [6.45, 7) is 2.40. The zero-order valence-electron chi connectivity index (χ0n) is 11.4. The first kappa shape index (κ1) is 15.0. The maximum absolute atomic E-state index is 12.3. The van der Waals surface area contributed by atoms with Crippen LogP contribution in [0.3, 0.4) is 0 Å². The summed E-state index contributed by atoms with van der Waals surface area (Å²) < 4.78 is 25.9. The molecule has 0 bridgehead atoms. The van der Waals surface area contributed by atoms with Crippen molar-refractivity contribution in [3.63, 3.8) is 0 Å². The van der Waals surface area contributed by atoms with Gasteiger partial charge in [-0.2, -0.15) is 9.40 Å². The Balaban J connectivity index is 2.13. The normalized spacial score (nSPS) is 19.9. The summed E-state index contributed by atoms with van der Waals surface area (Å²) in [5, 5.41) is 15.6. The van der Waals surface area contributed by atoms with Gasteiger partial charge >= 0.3 is 5.97 Å². The van der Waals surface area contributed by atoms with Crippen molar-refractivity contribution in [3.05, 3.63) is 12.3 Å². The minimum Gasteiger partial charge on any atom is -0.481 e. The number of carboxylic acids is 1. The first-order valence-electron chi connectivity index (χ1n) is 6.65. The molecule has 0 amide bonds. The van der Waals surface area contributed by atoms with E-state index in [1.165, 1.54) is 16.6 Å². The van der Waals surface area contributed by atoms with E-state index in [4.69, 9.17) is 0 Å². The third-order valence-corrected chi connectivity index (χ3v) is 5.78. The molecule has 1 aromatic heterocycles. The molecule has 2 N–H and O–H groups in total. The van der Waals surface area contributed by atoms with Crippen LogP contribution >= 0.6 is 0 Å². The second-order valence-electron chi connectivity index (χ2n) is 5.16. The largest absolute Gasteiger partial charge is 0.481 e. The summed E-state index contributed by atoms with van der Waals surface area (Å²) in [4.78, 5) is 11.5. The van der Waals surface area contributed by atoms with Gasteiger partial charge in [0.2, 0.25) is 0 Å². The Morgan fingerprint density at radius 3 is 2.60 bits per heavy atom. The van der Waals surface area contributed by atoms with Crippen LogP contribution in [-0.2, 0) is 14.8 Å². The molecule has 7 nitrogen and oxygen atoms in total. The molecule has 8 heteroatoms. The minimum atomic E-state index is -3.59. The molecule has 112 valence electrons. The minimum absolute atomic E-state index is 0.0517. The molecular weight excluding hydrogens is 282 g/mol. The zero-order valence-corrected chi connectivity index (χ0v) is 12.2. The first-order chi connectivity index (χ1) is 9.42. The molecule has 0 aromatic carbocycles. The molecule has 1 fully saturated rings. The molecule has 20 heavy (non-hydrogen) atoms. The lowest BCUT2D eigenvalue weighted by atomic mass is 9.75. The number of H-pyrrole nitrogens is 1. The number of nitrogens with one attached hydrogen (secondary N) is 1. The number of nitrogens with zero attached hydrogens (tertiary/aromatic N) is 2. The lowest BCUT2D eigenvalue weighted by Gasteiger charge is -2.37. The van der Waals surface area contributed by atoms with Crippen molar-refractivity contribution in [1.29, 1.82) is 0 Å². The molecular formula is C12H19N3O4S. The molecule has 0 radical (unpaired) electrons. The molecule has 1 aliphatic heterocycles. The predicted molar refractivity (Wildman–Crippen MR) is 71.6 cm³/mol. The number of aliphatic carboxylic acids is 1. The third-order valence-electron chi connectivity index (χ3n) is 3.95. The fourth-order valence-corrected chi connectivity index (χ4v) is 4.07. The second kappa shape index (κ2) is 5.53. The van der Waals surface area contributed by atoms with Crippen LogP contribution in [0.15, 0.2) is 17.3 Å². The predicted octanol–water partition coefficient (Wildman–Crippen LogP) is 1.07. The van der Waals surface area contributed by atoms with Crippen LogP contribution in [0.1, 0.15) is 32.6 Å². The summed E-state index contributed by atoms with van der Waals surface area (Å²) in [6.07, 6.45) is 3.45. The van der Waals surface area contributed by atoms with Crippen LogP contribution in [0.4, 0.5) is 0 Å². The fraction of sp³-hybridized carbons (Fsp3) is 0.667. The van der Waals surface area contributed by atoms with Crippen molar-refractivity contribution in [1.82, 2.24) is 14.5 Å². The number of sulfonamides is 1. The standard InChI is InChI=1S/C12H19N3O4S/c1-2-4-12(11(16)17)5-8-15(9-6-12)20(18,19)10-3-7-13-14-10/h3,7H,2,4-6,8-9H2,1H3,(H,13,14)(H,16,17). The lowest BCUT2D eigenvalue weighted by Crippen LogP contribution is -2.46. The topological polar surface area (TPSA) is 103 Å². The Morgan fingerprint density at radius 2 is 2.15 bits per heavy atom. The zero-order chi connectivity index (χ0) is 14.8. The van der Waals surface area contributed by atoms with Gasteiger partial charge in [0.15, 0.2) is 5.03 Å². The van der Waals surface area contributed by atoms with E-state index in [2.05, 4.69) is 10.2 Å². The van der Waals surface area contributed by atoms with E-state index in [1.54, 1.807) is 0 Å². The van der Waals surface area contributed by atoms with E-state index in [1.807, 2.05) is 6.92 Å². The molecule has 0 unspecified atom stereocenters. The van der Waals surface area contributed by atoms with Crippen LogP contribution in [0.5, 0.6) is 0 Å². The van der Waals surface area contributed by atoms with Crippen LogP contribution < -0.4 is 0 Å². The monoisotopic (exact) mass is 301 g/mol. The highest BCUT2D eigenvalue weighted by atomic mass is 32.2. The highest BCUT2D eigenvalue weighted by Gasteiger charge is 2.43. The highest BCUT2D eigenvalue weighted by Crippen LogP contribution is 2.37. The van der Waals surface area contributed by atoms with Crippen molar-refractivity contribution >= 4 is 16.0 Å². The second-order valence-corrected chi connectivity index (χ2v) is 7.07. The summed E-state index contributed by atoms with van der Waals surface area (Å²) >= 11 is 0. The Hall–Kier alpha value is -1.41. The average Bonchev–Trinajstić information content (AvgIpc) is 2.94. The molecule has 0 spiro atoms. The van der Waals surface area contributed by atoms with Gasteiger partial charge in [0.05, 0.1) is 11.6 Å². The molecule has 2 heterocycles. The van der Waals surface area contributed by atoms with Crippen LogP contribution in [0, 0.1) is 5.41 Å². The van der Waals surface area contributed by atoms with E-state index >= 15 is 0 Å². The lowest BCUT2D eigenvalue weighted by molar-refractivity contribution is -0.152. The number of rotatable bonds is 5. The number of piperidine rings is 1. The Kier molecular flexibility index (Phi) is 4.14. The van der Waals surface area contributed by atoms with Crippen LogP contribution in [0.2, 0.25) is 0 Å². The van der Waals surface area contributed by atoms with Gasteiger partial charge in [0.1, 0.15) is 0 Å². The Bertz CT molecular complexity index is 560. The molecule has 0 atom stereocenters. The van der Waals surface area contributed by atoms with Gasteiger partial charge in [-0.25, -0.2) is 8.42 Å². The van der Waals surface area contributed by atoms with Crippen molar-refractivity contribution in [3.8, 4) is 0 Å². The number of hydrogen-bond acceptors (Lipinski definition) is 4. The van der Waals surface area contributed by atoms with Crippen molar-refractivity contribution in [2.45, 2.75) is 37.6 Å². The summed E-state index contributed by atoms with van der Waals surface area (Å²) in [5.41, 5.74) is -0.783. The Morgan fingerprint density at radius 1 is 1.50 bits per heavy atom. The van der Waals surface area contributed by atoms with Crippen molar-refractivity contribution < 1.29 is 18.3 Å². The molecule has 1 saturated heterocycles. The number of aromatic nitrogens is 2. The maximum atomic E-state index is 12.3. The maximum Gasteiger partial charge on any atom is 0.309 e. The van der Waals surface area contributed by atoms with Crippen LogP contribution in [-0.4, -0.2) is 47.1 Å². The SMILES string of the molecule is CCCC1(C(=O)O)CCN(S(=O)(=O)c2ccn[nH]2)CC1. The van der Waals surface area contributed by atoms with E-state index in [9.17, 15) is 18.3 Å². The van der Waals surface area contributed by atoms with Gasteiger partial charge in [-0.1, -0.05) is 13.3 Å². The van der Waals surface area contributed by atoms with Gasteiger partial charge in [-0.05, 0) is 25.3 Å². The Labute approximate surface area is 118 Å². The quantitative estimate of drug-likeness (QED) is 0.846. The number of carboxylic acid groups (broad SMARTS) is 1. The first-order valence-corrected chi connectivity index (χ1v) is 8.09. The fourth-order valence-electron chi connectivity index (χ4n) is 2.73. The van der Waals surface area contributed by atoms with Gasteiger partial charge in [-0.3, -0.25) is 9.89 Å². The number of aromatic amines is 1. The molecule has 0 saturated carbocycles. The summed E-state index contributed by atoms with van der Waals surface area (Å²) in [5.74, 6) is -0.821. The van der Waals surface area contributed by atoms with Gasteiger partial charge in [0.25, 0.3) is 10.0 Å². The van der Waals surface area contributed by atoms with Crippen LogP contribution in [0.25, 0.3) is 0 Å². The van der Waals surface area contributed by atoms with E-state index in [0.29, 0.717) is 19.3 Å². The van der Waals surface area contributed by atoms with E-state index in [-0.39, 0.29) is 18.1 Å². The molecule has 2 rings (SSSR count). The smallest absolute Gasteiger partial charge is 0.309 e.